The van der Waals surface area contributed by atoms with E-state index in [0.29, 0.717) is 0 Å². The Morgan fingerprint density at radius 3 is 2.78 bits per heavy atom. The normalized spacial score (nSPS) is 34.2. The van der Waals surface area contributed by atoms with E-state index in [1.165, 1.54) is 24.2 Å². The molecular weight excluding hydrogens is 346 g/mol. The van der Waals surface area contributed by atoms with E-state index in [9.17, 15) is 24.0 Å². The number of ether oxygens (including phenoxy) is 1. The maximum Gasteiger partial charge on any atom is 0.333 e. The van der Waals surface area contributed by atoms with Crippen molar-refractivity contribution in [2.24, 2.45) is 5.92 Å². The van der Waals surface area contributed by atoms with Crippen LogP contribution in [0.25, 0.3) is 0 Å². The summed E-state index contributed by atoms with van der Waals surface area (Å²) < 4.78 is 15.2. The van der Waals surface area contributed by atoms with Gasteiger partial charge in [0.1, 0.15) is 5.75 Å². The summed E-state index contributed by atoms with van der Waals surface area (Å²) in [6, 6.07) is -1.66. The van der Waals surface area contributed by atoms with E-state index in [0.717, 1.165) is 0 Å². The molecule has 1 amide bonds. The summed E-state index contributed by atoms with van der Waals surface area (Å²) in [7, 11) is 1.25. The van der Waals surface area contributed by atoms with Crippen LogP contribution in [0, 0.1) is 5.92 Å². The van der Waals surface area contributed by atoms with Gasteiger partial charge in [0, 0.05) is 12.5 Å². The molecule has 1 N–H and O–H groups in total. The average Bonchev–Trinajstić information content (AvgIpc) is 2.81. The molecule has 0 aromatic heterocycles. The lowest BCUT2D eigenvalue weighted by Crippen LogP contribution is -2.63. The Bertz CT molecular complexity index is 555. The number of aliphatic carboxylic acids is 1. The number of alkyl halides is 1. The first-order valence-electron chi connectivity index (χ1n) is 7.14. The zero-order valence-electron chi connectivity index (χ0n) is 12.7. The maximum absolute atomic E-state index is 12.3. The Morgan fingerprint density at radius 2 is 2.26 bits per heavy atom. The van der Waals surface area contributed by atoms with Gasteiger partial charge in [0.05, 0.1) is 19.1 Å². The zero-order chi connectivity index (χ0) is 17.4. The number of β-lactam (4-membered cyclic amide) rings is 1. The highest BCUT2D eigenvalue weighted by atomic mass is 35.5. The number of carboxylic acids is 1. The number of fused-ring (bicyclic) bond motifs is 1. The van der Waals surface area contributed by atoms with Crippen molar-refractivity contribution in [3.63, 3.8) is 0 Å². The largest absolute Gasteiger partial charge is 0.615 e. The second kappa shape index (κ2) is 6.70. The fourth-order valence-corrected chi connectivity index (χ4v) is 5.18. The van der Waals surface area contributed by atoms with E-state index in [2.05, 4.69) is 4.74 Å². The van der Waals surface area contributed by atoms with E-state index in [1.54, 1.807) is 6.92 Å². The van der Waals surface area contributed by atoms with Gasteiger partial charge < -0.3 is 19.3 Å². The molecule has 0 aliphatic carbocycles. The molecule has 2 aliphatic rings. The minimum atomic E-state index is -1.57. The Hall–Kier alpha value is -1.25. The minimum Gasteiger partial charge on any atom is -0.615 e. The summed E-state index contributed by atoms with van der Waals surface area (Å²) in [5.41, 5.74) is 0. The Morgan fingerprint density at radius 1 is 1.61 bits per heavy atom. The minimum absolute atomic E-state index is 0.161. The Labute approximate surface area is 141 Å². The van der Waals surface area contributed by atoms with Gasteiger partial charge in [-0.3, -0.25) is 4.79 Å². The third-order valence-corrected chi connectivity index (χ3v) is 6.84. The Kier molecular flexibility index (Phi) is 5.27. The van der Waals surface area contributed by atoms with Crippen LogP contribution in [0.15, 0.2) is 12.2 Å². The van der Waals surface area contributed by atoms with Crippen LogP contribution < -0.4 is 0 Å². The summed E-state index contributed by atoms with van der Waals surface area (Å²) in [6.45, 7) is 1.66. The number of halogens is 1. The molecule has 2 saturated heterocycles. The molecule has 0 saturated carbocycles. The molecule has 0 radical (unpaired) electrons. The number of hydrogen-bond acceptors (Lipinski definition) is 5. The molecule has 7 nitrogen and oxygen atoms in total. The smallest absolute Gasteiger partial charge is 0.333 e. The summed E-state index contributed by atoms with van der Waals surface area (Å²) in [5, 5.41) is 9.41. The molecule has 2 fully saturated rings. The first kappa shape index (κ1) is 18.1. The summed E-state index contributed by atoms with van der Waals surface area (Å²) in [5.74, 6) is -2.35. The summed E-state index contributed by atoms with van der Waals surface area (Å²) in [6.07, 6.45) is 3.19. The van der Waals surface area contributed by atoms with E-state index < -0.39 is 39.3 Å². The van der Waals surface area contributed by atoms with Crippen molar-refractivity contribution in [3.05, 3.63) is 12.2 Å². The van der Waals surface area contributed by atoms with E-state index in [4.69, 9.17) is 11.6 Å². The summed E-state index contributed by atoms with van der Waals surface area (Å²) in [4.78, 5) is 36.1. The topological polar surface area (TPSA) is 107 Å². The van der Waals surface area contributed by atoms with Crippen molar-refractivity contribution in [2.45, 2.75) is 36.1 Å². The Balaban J connectivity index is 2.16. The van der Waals surface area contributed by atoms with Crippen LogP contribution >= 0.6 is 11.6 Å². The molecule has 0 spiro atoms. The standard InChI is InChI=1S/C14H18ClNO6S/c1-3-23(21)14(15)7-9-8(5-4-6-10(17)22-2)12(18)16(9)11(14)13(19)20/h4,6,8-9,11H,3,5,7H2,1-2H3,(H,19,20). The molecule has 23 heavy (non-hydrogen) atoms. The van der Waals surface area contributed by atoms with Gasteiger partial charge in [-0.1, -0.05) is 17.7 Å². The number of carboxylic acid groups (broad SMARTS) is 1. The number of esters is 1. The van der Waals surface area contributed by atoms with Gasteiger partial charge >= 0.3 is 11.9 Å². The van der Waals surface area contributed by atoms with Crippen LogP contribution in [0.4, 0.5) is 0 Å². The van der Waals surface area contributed by atoms with Crippen LogP contribution in [0.5, 0.6) is 0 Å². The molecule has 2 heterocycles. The van der Waals surface area contributed by atoms with E-state index >= 15 is 0 Å². The maximum atomic E-state index is 12.3. The van der Waals surface area contributed by atoms with Gasteiger partial charge in [-0.2, -0.15) is 0 Å². The van der Waals surface area contributed by atoms with Crippen LogP contribution in [0.3, 0.4) is 0 Å². The monoisotopic (exact) mass is 363 g/mol. The van der Waals surface area contributed by atoms with Crippen LogP contribution in [-0.4, -0.2) is 61.6 Å². The predicted molar refractivity (Wildman–Crippen MR) is 83.2 cm³/mol. The highest BCUT2D eigenvalue weighted by Crippen LogP contribution is 2.51. The molecule has 5 atom stereocenters. The van der Waals surface area contributed by atoms with Crippen LogP contribution in [-0.2, 0) is 30.3 Å². The lowest BCUT2D eigenvalue weighted by molar-refractivity contribution is -0.163. The number of nitrogens with zero attached hydrogens (tertiary/aromatic N) is 1. The molecule has 9 heteroatoms. The highest BCUT2D eigenvalue weighted by Gasteiger charge is 2.70. The second-order valence-electron chi connectivity index (χ2n) is 5.45. The quantitative estimate of drug-likeness (QED) is 0.242. The zero-order valence-corrected chi connectivity index (χ0v) is 14.3. The number of allylic oxidation sites excluding steroid dienone is 1. The van der Waals surface area contributed by atoms with Crippen molar-refractivity contribution in [2.75, 3.05) is 12.9 Å². The lowest BCUT2D eigenvalue weighted by Gasteiger charge is -2.43. The van der Waals surface area contributed by atoms with Gasteiger partial charge in [-0.05, 0) is 24.5 Å². The molecular formula is C14H18ClNO6S. The number of rotatable bonds is 6. The molecule has 5 unspecified atom stereocenters. The fourth-order valence-electron chi connectivity index (χ4n) is 3.19. The van der Waals surface area contributed by atoms with Crippen molar-refractivity contribution in [1.82, 2.24) is 4.90 Å². The van der Waals surface area contributed by atoms with E-state index in [-0.39, 0.29) is 30.5 Å². The van der Waals surface area contributed by atoms with E-state index in [1.807, 2.05) is 0 Å². The number of hydrogen-bond donors (Lipinski definition) is 1. The second-order valence-corrected chi connectivity index (χ2v) is 8.34. The first-order chi connectivity index (χ1) is 10.8. The fraction of sp³-hybridized carbons (Fsp3) is 0.643. The average molecular weight is 364 g/mol. The SMILES string of the molecule is CC[S+]([O-])C1(Cl)CC2C(CC=CC(=O)OC)C(=O)N2C1C(=O)O. The molecule has 128 valence electrons. The number of amides is 1. The van der Waals surface area contributed by atoms with Gasteiger partial charge in [0.2, 0.25) is 10.1 Å². The van der Waals surface area contributed by atoms with Crippen LogP contribution in [0.2, 0.25) is 0 Å². The van der Waals surface area contributed by atoms with Crippen molar-refractivity contribution >= 4 is 40.6 Å². The number of carbonyl (C=O) groups excluding carboxylic acids is 2. The molecule has 0 aromatic carbocycles. The summed E-state index contributed by atoms with van der Waals surface area (Å²) >= 11 is 4.82. The highest BCUT2D eigenvalue weighted by molar-refractivity contribution is 7.94. The third kappa shape index (κ3) is 2.95. The van der Waals surface area contributed by atoms with Gasteiger partial charge in [0.25, 0.3) is 0 Å². The first-order valence-corrected chi connectivity index (χ1v) is 8.84. The van der Waals surface area contributed by atoms with Gasteiger partial charge in [-0.25, -0.2) is 9.59 Å². The molecule has 2 rings (SSSR count). The third-order valence-electron chi connectivity index (χ3n) is 4.29. The van der Waals surface area contributed by atoms with Crippen LogP contribution in [0.1, 0.15) is 19.8 Å². The molecule has 0 aromatic rings. The van der Waals surface area contributed by atoms with Crippen molar-refractivity contribution < 1.29 is 28.8 Å². The van der Waals surface area contributed by atoms with Gasteiger partial charge in [-0.15, -0.1) is 0 Å². The van der Waals surface area contributed by atoms with Crippen molar-refractivity contribution in [1.29, 1.82) is 0 Å². The predicted octanol–water partition coefficient (Wildman–Crippen LogP) is 0.493. The molecule has 0 bridgehead atoms. The van der Waals surface area contributed by atoms with Gasteiger partial charge in [0.15, 0.2) is 6.04 Å². The number of methoxy groups -OCH3 is 1. The lowest BCUT2D eigenvalue weighted by atomic mass is 9.85. The van der Waals surface area contributed by atoms with Crippen molar-refractivity contribution in [3.8, 4) is 0 Å². The number of carbonyl (C=O) groups is 3. The molecule has 2 aliphatic heterocycles.